The number of rotatable bonds is 4. The van der Waals surface area contributed by atoms with Crippen molar-refractivity contribution in [2.24, 2.45) is 4.99 Å². The summed E-state index contributed by atoms with van der Waals surface area (Å²) in [6, 6.07) is 14.9. The van der Waals surface area contributed by atoms with Crippen LogP contribution in [0.1, 0.15) is 50.5 Å². The van der Waals surface area contributed by atoms with E-state index < -0.39 is 6.10 Å². The number of phenolic OH excluding ortho intramolecular Hbond substituents is 1. The van der Waals surface area contributed by atoms with Crippen molar-refractivity contribution >= 4 is 6.21 Å². The molecule has 2 N–H and O–H groups in total. The van der Waals surface area contributed by atoms with E-state index in [2.05, 4.69) is 25.8 Å². The zero-order valence-corrected chi connectivity index (χ0v) is 14.2. The highest BCUT2D eigenvalue weighted by atomic mass is 16.3. The van der Waals surface area contributed by atoms with E-state index in [-0.39, 0.29) is 17.2 Å². The van der Waals surface area contributed by atoms with Crippen LogP contribution in [0, 0.1) is 0 Å². The average Bonchev–Trinajstić information content (AvgIpc) is 2.52. The number of hydrogen-bond acceptors (Lipinski definition) is 3. The lowest BCUT2D eigenvalue weighted by Crippen LogP contribution is -2.13. The summed E-state index contributed by atoms with van der Waals surface area (Å²) in [5, 5.41) is 20.8. The van der Waals surface area contributed by atoms with Crippen LogP contribution in [0.5, 0.6) is 5.75 Å². The van der Waals surface area contributed by atoms with Gasteiger partial charge in [0.15, 0.2) is 0 Å². The summed E-state index contributed by atoms with van der Waals surface area (Å²) in [6.45, 7) is 8.04. The lowest BCUT2D eigenvalue weighted by Gasteiger charge is -2.21. The quantitative estimate of drug-likeness (QED) is 0.830. The summed E-state index contributed by atoms with van der Waals surface area (Å²) in [7, 11) is 0. The van der Waals surface area contributed by atoms with E-state index in [0.29, 0.717) is 5.56 Å². The van der Waals surface area contributed by atoms with Crippen molar-refractivity contribution in [2.75, 3.05) is 0 Å². The van der Waals surface area contributed by atoms with Crippen molar-refractivity contribution in [1.82, 2.24) is 0 Å². The van der Waals surface area contributed by atoms with Crippen molar-refractivity contribution in [2.45, 2.75) is 45.3 Å². The van der Waals surface area contributed by atoms with E-state index in [1.807, 2.05) is 55.5 Å². The van der Waals surface area contributed by atoms with Crippen molar-refractivity contribution in [3.63, 3.8) is 0 Å². The van der Waals surface area contributed by atoms with Gasteiger partial charge in [-0.05, 0) is 29.5 Å². The number of aliphatic hydroxyl groups is 1. The van der Waals surface area contributed by atoms with Gasteiger partial charge in [0.05, 0.1) is 6.04 Å². The summed E-state index contributed by atoms with van der Waals surface area (Å²) in [4.78, 5) is 4.42. The number of para-hydroxylation sites is 1. The van der Waals surface area contributed by atoms with Gasteiger partial charge in [-0.1, -0.05) is 63.2 Å². The standard InChI is InChI=1S/C20H25NO2/c1-14(18(22)15-9-6-5-7-10-15)21-13-16-11-8-12-17(19(16)23)20(2,3)4/h5-14,18,22-23H,1-4H3/t14-,18+/m1/s1. The third-order valence-electron chi connectivity index (χ3n) is 3.92. The molecule has 0 aliphatic carbocycles. The fourth-order valence-electron chi connectivity index (χ4n) is 2.48. The molecule has 0 aromatic heterocycles. The first-order chi connectivity index (χ1) is 10.8. The molecular weight excluding hydrogens is 286 g/mol. The molecule has 3 heteroatoms. The number of aliphatic imine (C=N–C) groups is 1. The zero-order chi connectivity index (χ0) is 17.0. The van der Waals surface area contributed by atoms with Crippen LogP contribution >= 0.6 is 0 Å². The number of nitrogens with zero attached hydrogens (tertiary/aromatic N) is 1. The predicted octanol–water partition coefficient (Wildman–Crippen LogP) is 4.23. The van der Waals surface area contributed by atoms with Crippen molar-refractivity contribution in [1.29, 1.82) is 0 Å². The second kappa shape index (κ2) is 6.97. The van der Waals surface area contributed by atoms with Crippen LogP contribution in [-0.4, -0.2) is 22.5 Å². The summed E-state index contributed by atoms with van der Waals surface area (Å²) in [6.07, 6.45) is 0.974. The highest BCUT2D eigenvalue weighted by molar-refractivity contribution is 5.84. The van der Waals surface area contributed by atoms with Crippen molar-refractivity contribution in [3.05, 3.63) is 65.2 Å². The van der Waals surface area contributed by atoms with Gasteiger partial charge in [-0.3, -0.25) is 4.99 Å². The Morgan fingerprint density at radius 2 is 1.65 bits per heavy atom. The maximum atomic E-state index is 10.4. The fraction of sp³-hybridized carbons (Fsp3) is 0.350. The highest BCUT2D eigenvalue weighted by Crippen LogP contribution is 2.32. The van der Waals surface area contributed by atoms with E-state index in [0.717, 1.165) is 11.1 Å². The molecule has 0 saturated heterocycles. The van der Waals surface area contributed by atoms with E-state index in [9.17, 15) is 10.2 Å². The fourth-order valence-corrected chi connectivity index (χ4v) is 2.48. The van der Waals surface area contributed by atoms with Gasteiger partial charge < -0.3 is 10.2 Å². The number of hydrogen-bond donors (Lipinski definition) is 2. The van der Waals surface area contributed by atoms with Crippen LogP contribution < -0.4 is 0 Å². The molecule has 0 saturated carbocycles. The minimum Gasteiger partial charge on any atom is -0.507 e. The van der Waals surface area contributed by atoms with Gasteiger partial charge in [-0.2, -0.15) is 0 Å². The third-order valence-corrected chi connectivity index (χ3v) is 3.92. The Morgan fingerprint density at radius 1 is 1.00 bits per heavy atom. The summed E-state index contributed by atoms with van der Waals surface area (Å²) < 4.78 is 0. The summed E-state index contributed by atoms with van der Waals surface area (Å²) in [5.41, 5.74) is 2.26. The Kier molecular flexibility index (Phi) is 5.22. The van der Waals surface area contributed by atoms with Crippen LogP contribution in [0.15, 0.2) is 53.5 Å². The largest absolute Gasteiger partial charge is 0.507 e. The van der Waals surface area contributed by atoms with Gasteiger partial charge in [0.2, 0.25) is 0 Å². The van der Waals surface area contributed by atoms with Crippen LogP contribution in [-0.2, 0) is 5.41 Å². The molecule has 122 valence electrons. The second-order valence-corrected chi connectivity index (χ2v) is 6.87. The third kappa shape index (κ3) is 4.20. The normalized spacial score (nSPS) is 14.8. The van der Waals surface area contributed by atoms with Gasteiger partial charge in [0.25, 0.3) is 0 Å². The lowest BCUT2D eigenvalue weighted by atomic mass is 9.85. The van der Waals surface area contributed by atoms with Gasteiger partial charge in [0, 0.05) is 11.8 Å². The van der Waals surface area contributed by atoms with E-state index in [1.54, 1.807) is 6.21 Å². The maximum absolute atomic E-state index is 10.4. The lowest BCUT2D eigenvalue weighted by molar-refractivity contribution is 0.154. The minimum atomic E-state index is -0.666. The first-order valence-electron chi connectivity index (χ1n) is 7.89. The molecule has 2 aromatic rings. The molecule has 0 spiro atoms. The van der Waals surface area contributed by atoms with Crippen molar-refractivity contribution < 1.29 is 10.2 Å². The molecule has 2 rings (SSSR count). The topological polar surface area (TPSA) is 52.8 Å². The molecule has 2 aromatic carbocycles. The van der Waals surface area contributed by atoms with Crippen molar-refractivity contribution in [3.8, 4) is 5.75 Å². The van der Waals surface area contributed by atoms with E-state index in [1.165, 1.54) is 0 Å². The Hall–Kier alpha value is -2.13. The Labute approximate surface area is 138 Å². The first-order valence-corrected chi connectivity index (χ1v) is 7.89. The minimum absolute atomic E-state index is 0.136. The smallest absolute Gasteiger partial charge is 0.128 e. The molecular formula is C20H25NO2. The second-order valence-electron chi connectivity index (χ2n) is 6.87. The molecule has 0 unspecified atom stereocenters. The number of aliphatic hydroxyl groups excluding tert-OH is 1. The Bertz CT molecular complexity index is 672. The number of benzene rings is 2. The van der Waals surface area contributed by atoms with Crippen LogP contribution in [0.4, 0.5) is 0 Å². The van der Waals surface area contributed by atoms with Gasteiger partial charge in [-0.25, -0.2) is 0 Å². The van der Waals surface area contributed by atoms with Gasteiger partial charge in [0.1, 0.15) is 11.9 Å². The van der Waals surface area contributed by atoms with Gasteiger partial charge >= 0.3 is 0 Å². The molecule has 2 atom stereocenters. The Balaban J connectivity index is 2.20. The predicted molar refractivity (Wildman–Crippen MR) is 95.3 cm³/mol. The molecule has 0 bridgehead atoms. The monoisotopic (exact) mass is 311 g/mol. The average molecular weight is 311 g/mol. The van der Waals surface area contributed by atoms with Gasteiger partial charge in [-0.15, -0.1) is 0 Å². The van der Waals surface area contributed by atoms with E-state index >= 15 is 0 Å². The molecule has 0 radical (unpaired) electrons. The first kappa shape index (κ1) is 17.2. The highest BCUT2D eigenvalue weighted by Gasteiger charge is 2.19. The molecule has 3 nitrogen and oxygen atoms in total. The SMILES string of the molecule is C[C@@H](N=Cc1cccc(C(C)(C)C)c1O)[C@H](O)c1ccccc1. The molecule has 0 aliphatic rings. The molecule has 0 heterocycles. The summed E-state index contributed by atoms with van der Waals surface area (Å²) >= 11 is 0. The van der Waals surface area contributed by atoms with Crippen LogP contribution in [0.3, 0.4) is 0 Å². The molecule has 23 heavy (non-hydrogen) atoms. The molecule has 0 amide bonds. The van der Waals surface area contributed by atoms with E-state index in [4.69, 9.17) is 0 Å². The number of phenols is 1. The molecule has 0 aliphatic heterocycles. The maximum Gasteiger partial charge on any atom is 0.128 e. The number of aromatic hydroxyl groups is 1. The summed E-state index contributed by atoms with van der Waals surface area (Å²) in [5.74, 6) is 0.255. The zero-order valence-electron chi connectivity index (χ0n) is 14.2. The van der Waals surface area contributed by atoms with Crippen LogP contribution in [0.25, 0.3) is 0 Å². The Morgan fingerprint density at radius 3 is 2.26 bits per heavy atom. The van der Waals surface area contributed by atoms with Crippen LogP contribution in [0.2, 0.25) is 0 Å². The molecule has 0 fully saturated rings.